The molecule has 1 amide bonds. The first-order chi connectivity index (χ1) is 20.9. The number of rotatable bonds is 9. The van der Waals surface area contributed by atoms with Gasteiger partial charge in [0, 0.05) is 12.0 Å². The lowest BCUT2D eigenvalue weighted by Crippen LogP contribution is -2.44. The summed E-state index contributed by atoms with van der Waals surface area (Å²) < 4.78 is 113. The van der Waals surface area contributed by atoms with Gasteiger partial charge in [0.2, 0.25) is 15.9 Å². The summed E-state index contributed by atoms with van der Waals surface area (Å²) in [4.78, 5) is 14.7. The molecule has 0 aromatic heterocycles. The summed E-state index contributed by atoms with van der Waals surface area (Å²) in [7, 11) is -5.11. The molecule has 1 N–H and O–H groups in total. The fourth-order valence-electron chi connectivity index (χ4n) is 5.53. The van der Waals surface area contributed by atoms with Crippen molar-refractivity contribution in [3.63, 3.8) is 0 Å². The highest BCUT2D eigenvalue weighted by Gasteiger charge is 2.38. The van der Waals surface area contributed by atoms with Crippen LogP contribution in [0.4, 0.5) is 32.0 Å². The molecule has 0 spiro atoms. The summed E-state index contributed by atoms with van der Waals surface area (Å²) in [5.41, 5.74) is -1.16. The molecule has 1 aliphatic heterocycles. The van der Waals surface area contributed by atoms with Crippen LogP contribution in [0.3, 0.4) is 0 Å². The van der Waals surface area contributed by atoms with Gasteiger partial charge in [0.15, 0.2) is 28.5 Å². The maximum absolute atomic E-state index is 15.4. The Morgan fingerprint density at radius 2 is 1.64 bits per heavy atom. The van der Waals surface area contributed by atoms with Crippen molar-refractivity contribution >= 4 is 33.5 Å². The van der Waals surface area contributed by atoms with Gasteiger partial charge >= 0.3 is 0 Å². The zero-order chi connectivity index (χ0) is 31.8. The Morgan fingerprint density at radius 1 is 1.00 bits per heavy atom. The summed E-state index contributed by atoms with van der Waals surface area (Å²) >= 11 is 0. The van der Waals surface area contributed by atoms with Gasteiger partial charge in [-0.15, -0.1) is 0 Å². The van der Waals surface area contributed by atoms with Gasteiger partial charge in [-0.25, -0.2) is 34.8 Å². The van der Waals surface area contributed by atoms with E-state index in [-0.39, 0.29) is 18.7 Å². The molecule has 1 saturated carbocycles. The van der Waals surface area contributed by atoms with Crippen LogP contribution in [-0.4, -0.2) is 36.4 Å². The van der Waals surface area contributed by atoms with E-state index in [0.717, 1.165) is 49.1 Å². The fraction of sp³-hybridized carbons (Fsp3) is 0.367. The second kappa shape index (κ2) is 12.6. The van der Waals surface area contributed by atoms with Crippen molar-refractivity contribution in [1.82, 2.24) is 4.90 Å². The molecule has 2 aliphatic carbocycles. The Hall–Kier alpha value is -3.94. The van der Waals surface area contributed by atoms with Crippen LogP contribution in [0.2, 0.25) is 0 Å². The molecule has 14 heteroatoms. The van der Waals surface area contributed by atoms with Gasteiger partial charge in [0.1, 0.15) is 18.2 Å². The van der Waals surface area contributed by atoms with Crippen LogP contribution in [0.15, 0.2) is 57.6 Å². The highest BCUT2D eigenvalue weighted by molar-refractivity contribution is 7.94. The topological polar surface area (TPSA) is 91.2 Å². The molecule has 1 atom stereocenters. The molecular formula is C30H28F6N4O3S. The molecule has 2 aromatic rings. The van der Waals surface area contributed by atoms with E-state index in [1.165, 1.54) is 17.4 Å². The molecule has 1 fully saturated rings. The van der Waals surface area contributed by atoms with E-state index in [2.05, 4.69) is 10.2 Å². The van der Waals surface area contributed by atoms with Crippen molar-refractivity contribution in [3.8, 4) is 0 Å². The molecule has 7 nitrogen and oxygen atoms in total. The molecule has 2 aromatic carbocycles. The van der Waals surface area contributed by atoms with Crippen molar-refractivity contribution in [3.05, 3.63) is 87.4 Å². The minimum Gasteiger partial charge on any atom is -0.307 e. The predicted molar refractivity (Wildman–Crippen MR) is 153 cm³/mol. The second-order valence-corrected chi connectivity index (χ2v) is 12.9. The molecule has 234 valence electrons. The number of sulfonamides is 1. The summed E-state index contributed by atoms with van der Waals surface area (Å²) in [6.45, 7) is -1.29. The lowest BCUT2D eigenvalue weighted by molar-refractivity contribution is -0.129. The normalized spacial score (nSPS) is 17.7. The van der Waals surface area contributed by atoms with Gasteiger partial charge in [-0.05, 0) is 42.9 Å². The second-order valence-electron chi connectivity index (χ2n) is 10.9. The Bertz CT molecular complexity index is 1690. The Labute approximate surface area is 250 Å². The Balaban J connectivity index is 1.46. The van der Waals surface area contributed by atoms with Gasteiger partial charge in [-0.1, -0.05) is 43.5 Å². The van der Waals surface area contributed by atoms with Crippen LogP contribution in [0.1, 0.15) is 68.1 Å². The Kier molecular flexibility index (Phi) is 9.00. The van der Waals surface area contributed by atoms with Crippen molar-refractivity contribution < 1.29 is 39.6 Å². The van der Waals surface area contributed by atoms with E-state index >= 15 is 4.39 Å². The van der Waals surface area contributed by atoms with Crippen molar-refractivity contribution in [2.45, 2.75) is 69.8 Å². The van der Waals surface area contributed by atoms with E-state index < -0.39 is 68.2 Å². The lowest BCUT2D eigenvalue weighted by Gasteiger charge is -2.30. The van der Waals surface area contributed by atoms with E-state index in [1.807, 2.05) is 12.1 Å². The minimum atomic E-state index is -5.11. The van der Waals surface area contributed by atoms with Crippen LogP contribution in [0.25, 0.3) is 0 Å². The quantitative estimate of drug-likeness (QED) is 0.240. The maximum atomic E-state index is 15.4. The number of nitrogens with zero attached hydrogens (tertiary/aromatic N) is 3. The Morgan fingerprint density at radius 3 is 2.25 bits per heavy atom. The maximum Gasteiger partial charge on any atom is 0.247 e. The zero-order valence-electron chi connectivity index (χ0n) is 23.5. The van der Waals surface area contributed by atoms with Gasteiger partial charge in [0.05, 0.1) is 29.7 Å². The van der Waals surface area contributed by atoms with Crippen LogP contribution >= 0.6 is 0 Å². The van der Waals surface area contributed by atoms with Gasteiger partial charge in [-0.3, -0.25) is 9.52 Å². The number of anilines is 1. The average Bonchev–Trinajstić information content (AvgIpc) is 3.48. The molecule has 1 heterocycles. The third-order valence-corrected chi connectivity index (χ3v) is 9.76. The highest BCUT2D eigenvalue weighted by Crippen LogP contribution is 2.35. The largest absolute Gasteiger partial charge is 0.307 e. The van der Waals surface area contributed by atoms with Crippen LogP contribution in [0.5, 0.6) is 0 Å². The molecule has 0 radical (unpaired) electrons. The molecule has 44 heavy (non-hydrogen) atoms. The van der Waals surface area contributed by atoms with Crippen LogP contribution in [0, 0.1) is 23.3 Å². The third-order valence-electron chi connectivity index (χ3n) is 8.14. The molecular weight excluding hydrogens is 610 g/mol. The third kappa shape index (κ3) is 6.04. The van der Waals surface area contributed by atoms with Crippen molar-refractivity contribution in [2.24, 2.45) is 10.2 Å². The monoisotopic (exact) mass is 638 g/mol. The number of hydrogen-bond donors (Lipinski definition) is 1. The number of fused-ring (bicyclic) bond motifs is 1. The molecule has 5 rings (SSSR count). The summed E-state index contributed by atoms with van der Waals surface area (Å²) in [6, 6.07) is 7.32. The standard InChI is InChI=1S/C30H28F6N4O3S/c1-16(44(42,43)39-29-27(35)25(33)21(13-31)26(34)28(29)36)30(41)40(24-12-23-20(11-22(24)32)14-37-38-23)15-17-7-9-19(10-8-17)18-5-3-2-4-6-18/h7-11,14,16,18,39H,2-6,12-13,15H2,1H3/t16-/m1/s1. The van der Waals surface area contributed by atoms with Gasteiger partial charge < -0.3 is 4.90 Å². The van der Waals surface area contributed by atoms with E-state index in [4.69, 9.17) is 0 Å². The van der Waals surface area contributed by atoms with E-state index in [1.54, 1.807) is 12.1 Å². The SMILES string of the molecule is C[C@H](C(=O)N(Cc1ccc(C2CCCCC2)cc1)C1=C(F)C=C2C=NN=C2C1)S(=O)(=O)Nc1c(F)c(F)c(CF)c(F)c1F. The zero-order valence-corrected chi connectivity index (χ0v) is 24.3. The van der Waals surface area contributed by atoms with Crippen LogP contribution < -0.4 is 4.72 Å². The predicted octanol–water partition coefficient (Wildman–Crippen LogP) is 6.87. The minimum absolute atomic E-state index is 0.214. The van der Waals surface area contributed by atoms with Crippen molar-refractivity contribution in [1.29, 1.82) is 0 Å². The average molecular weight is 639 g/mol. The first-order valence-electron chi connectivity index (χ1n) is 14.0. The summed E-state index contributed by atoms with van der Waals surface area (Å²) in [5, 5.41) is 5.52. The smallest absolute Gasteiger partial charge is 0.247 e. The fourth-order valence-corrected chi connectivity index (χ4v) is 6.56. The lowest BCUT2D eigenvalue weighted by atomic mass is 9.84. The number of amides is 1. The van der Waals surface area contributed by atoms with E-state index in [0.29, 0.717) is 22.8 Å². The van der Waals surface area contributed by atoms with Crippen molar-refractivity contribution in [2.75, 3.05) is 4.72 Å². The molecule has 3 aliphatic rings. The number of benzene rings is 2. The number of carbonyl (C=O) groups is 1. The summed E-state index contributed by atoms with van der Waals surface area (Å²) in [6.07, 6.45) is 7.74. The molecule has 0 unspecified atom stereocenters. The number of alkyl halides is 1. The number of carbonyl (C=O) groups excluding carboxylic acids is 1. The van der Waals surface area contributed by atoms with Gasteiger partial charge in [0.25, 0.3) is 0 Å². The van der Waals surface area contributed by atoms with Gasteiger partial charge in [-0.2, -0.15) is 10.2 Å². The highest BCUT2D eigenvalue weighted by atomic mass is 32.2. The van der Waals surface area contributed by atoms with Crippen LogP contribution in [-0.2, 0) is 28.0 Å². The first kappa shape index (κ1) is 31.5. The number of nitrogens with one attached hydrogen (secondary N) is 1. The number of hydrogen-bond acceptors (Lipinski definition) is 5. The number of allylic oxidation sites excluding steroid dienone is 4. The molecule has 0 bridgehead atoms. The van der Waals surface area contributed by atoms with E-state index in [9.17, 15) is 35.2 Å². The summed E-state index contributed by atoms with van der Waals surface area (Å²) in [5.74, 6) is -10.3. The number of halogens is 6. The molecule has 0 saturated heterocycles. The first-order valence-corrected chi connectivity index (χ1v) is 15.5.